The van der Waals surface area contributed by atoms with E-state index in [9.17, 15) is 10.1 Å². The molecule has 1 aromatic heterocycles. The van der Waals surface area contributed by atoms with Gasteiger partial charge in [0.2, 0.25) is 11.9 Å². The second kappa shape index (κ2) is 6.17. The number of aryl methyl sites for hydroxylation is 1. The Bertz CT molecular complexity index is 699. The van der Waals surface area contributed by atoms with E-state index < -0.39 is 12.1 Å². The highest BCUT2D eigenvalue weighted by Crippen LogP contribution is 2.42. The molecule has 1 saturated carbocycles. The van der Waals surface area contributed by atoms with Crippen LogP contribution in [0.2, 0.25) is 0 Å². The third-order valence-electron chi connectivity index (χ3n) is 4.65. The summed E-state index contributed by atoms with van der Waals surface area (Å²) < 4.78 is 15.5. The molecule has 2 heterocycles. The van der Waals surface area contributed by atoms with Gasteiger partial charge in [-0.25, -0.2) is 9.98 Å². The quantitative estimate of drug-likeness (QED) is 0.582. The Morgan fingerprint density at radius 2 is 1.92 bits per heavy atom. The van der Waals surface area contributed by atoms with Crippen LogP contribution in [0.3, 0.4) is 0 Å². The lowest BCUT2D eigenvalue weighted by molar-refractivity contribution is -0.536. The topological polar surface area (TPSA) is 125 Å². The Labute approximate surface area is 138 Å². The molecule has 0 bridgehead atoms. The maximum atomic E-state index is 11.5. The molecule has 0 saturated heterocycles. The SMILES string of the molecule is COC1=NC2CC([N+](=O)[O-])C(C)C(c3noc(C)n3)C2N=C1OC. The fourth-order valence-electron chi connectivity index (χ4n) is 3.48. The number of hydrogen-bond acceptors (Lipinski definition) is 9. The molecule has 2 aliphatic rings. The highest BCUT2D eigenvalue weighted by molar-refractivity contribution is 6.35. The van der Waals surface area contributed by atoms with Crippen molar-refractivity contribution in [3.63, 3.8) is 0 Å². The van der Waals surface area contributed by atoms with E-state index in [0.717, 1.165) is 0 Å². The summed E-state index contributed by atoms with van der Waals surface area (Å²) in [6, 6.07) is -1.52. The maximum Gasteiger partial charge on any atom is 0.273 e. The Balaban J connectivity index is 2.05. The summed E-state index contributed by atoms with van der Waals surface area (Å²) >= 11 is 0. The van der Waals surface area contributed by atoms with Gasteiger partial charge in [-0.2, -0.15) is 4.98 Å². The molecular formula is C14H19N5O5. The Kier molecular flexibility index (Phi) is 4.20. The molecule has 10 nitrogen and oxygen atoms in total. The van der Waals surface area contributed by atoms with Crippen LogP contribution in [-0.2, 0) is 9.47 Å². The minimum Gasteiger partial charge on any atom is -0.477 e. The average Bonchev–Trinajstić information content (AvgIpc) is 2.98. The second-order valence-electron chi connectivity index (χ2n) is 5.98. The number of aliphatic imine (C=N–C) groups is 2. The van der Waals surface area contributed by atoms with Crippen LogP contribution in [-0.4, -0.2) is 59.2 Å². The third-order valence-corrected chi connectivity index (χ3v) is 4.65. The molecule has 0 N–H and O–H groups in total. The summed E-state index contributed by atoms with van der Waals surface area (Å²) in [5, 5.41) is 15.5. The predicted molar refractivity (Wildman–Crippen MR) is 82.8 cm³/mol. The van der Waals surface area contributed by atoms with E-state index >= 15 is 0 Å². The first-order chi connectivity index (χ1) is 11.5. The number of methoxy groups -OCH3 is 2. The van der Waals surface area contributed by atoms with Crippen molar-refractivity contribution in [3.05, 3.63) is 21.8 Å². The van der Waals surface area contributed by atoms with Gasteiger partial charge in [-0.3, -0.25) is 10.1 Å². The van der Waals surface area contributed by atoms with Gasteiger partial charge >= 0.3 is 0 Å². The van der Waals surface area contributed by atoms with Crippen molar-refractivity contribution in [2.75, 3.05) is 14.2 Å². The smallest absolute Gasteiger partial charge is 0.273 e. The molecule has 0 amide bonds. The van der Waals surface area contributed by atoms with Gasteiger partial charge in [-0.1, -0.05) is 12.1 Å². The number of ether oxygens (including phenoxy) is 2. The van der Waals surface area contributed by atoms with Crippen LogP contribution in [0.1, 0.15) is 31.0 Å². The van der Waals surface area contributed by atoms with Crippen molar-refractivity contribution in [2.24, 2.45) is 15.9 Å². The number of aromatic nitrogens is 2. The number of hydrogen-bond donors (Lipinski definition) is 0. The Morgan fingerprint density at radius 1 is 1.25 bits per heavy atom. The fourth-order valence-corrected chi connectivity index (χ4v) is 3.48. The Hall–Kier alpha value is -2.52. The van der Waals surface area contributed by atoms with Gasteiger partial charge in [-0.05, 0) is 0 Å². The molecule has 0 spiro atoms. The molecular weight excluding hydrogens is 318 g/mol. The minimum atomic E-state index is -0.767. The lowest BCUT2D eigenvalue weighted by Gasteiger charge is -2.39. The molecule has 0 aromatic carbocycles. The van der Waals surface area contributed by atoms with Gasteiger partial charge in [0.25, 0.3) is 11.8 Å². The van der Waals surface area contributed by atoms with E-state index in [-0.39, 0.29) is 41.0 Å². The molecule has 24 heavy (non-hydrogen) atoms. The molecule has 0 radical (unpaired) electrons. The van der Waals surface area contributed by atoms with Gasteiger partial charge in [0, 0.05) is 24.2 Å². The normalized spacial score (nSPS) is 32.4. The largest absolute Gasteiger partial charge is 0.477 e. The molecule has 130 valence electrons. The van der Waals surface area contributed by atoms with Crippen LogP contribution in [0, 0.1) is 23.0 Å². The maximum absolute atomic E-state index is 11.5. The lowest BCUT2D eigenvalue weighted by Crippen LogP contribution is -2.51. The zero-order valence-electron chi connectivity index (χ0n) is 13.9. The molecule has 3 rings (SSSR count). The van der Waals surface area contributed by atoms with Gasteiger partial charge in [-0.15, -0.1) is 0 Å². The van der Waals surface area contributed by atoms with E-state index in [4.69, 9.17) is 14.0 Å². The highest BCUT2D eigenvalue weighted by Gasteiger charge is 2.52. The van der Waals surface area contributed by atoms with Crippen molar-refractivity contribution < 1.29 is 18.9 Å². The number of fused-ring (bicyclic) bond motifs is 1. The second-order valence-corrected chi connectivity index (χ2v) is 5.98. The lowest BCUT2D eigenvalue weighted by atomic mass is 9.71. The molecule has 1 fully saturated rings. The Morgan fingerprint density at radius 3 is 2.46 bits per heavy atom. The van der Waals surface area contributed by atoms with Gasteiger partial charge < -0.3 is 14.0 Å². The number of nitrogens with zero attached hydrogens (tertiary/aromatic N) is 5. The van der Waals surface area contributed by atoms with Gasteiger partial charge in [0.1, 0.15) is 0 Å². The monoisotopic (exact) mass is 337 g/mol. The number of nitro groups is 1. The molecule has 5 unspecified atom stereocenters. The van der Waals surface area contributed by atoms with Crippen molar-refractivity contribution in [1.29, 1.82) is 0 Å². The summed E-state index contributed by atoms with van der Waals surface area (Å²) in [5.41, 5.74) is 0. The van der Waals surface area contributed by atoms with Crippen LogP contribution in [0.4, 0.5) is 0 Å². The molecule has 1 aromatic rings. The van der Waals surface area contributed by atoms with E-state index in [0.29, 0.717) is 11.7 Å². The standard InChI is InChI=1S/C14H19N5O5/c1-6-9(19(20)21)5-8-11(10(6)12-15-7(2)24-18-12)17-14(23-4)13(16-8)22-3/h6,8-11H,5H2,1-4H3. The molecule has 10 heteroatoms. The van der Waals surface area contributed by atoms with Crippen LogP contribution >= 0.6 is 0 Å². The molecule has 5 atom stereocenters. The van der Waals surface area contributed by atoms with E-state index in [1.807, 2.05) is 6.92 Å². The van der Waals surface area contributed by atoms with Gasteiger partial charge in [0.15, 0.2) is 5.82 Å². The summed E-state index contributed by atoms with van der Waals surface area (Å²) in [7, 11) is 2.94. The van der Waals surface area contributed by atoms with Crippen molar-refractivity contribution in [1.82, 2.24) is 10.1 Å². The highest BCUT2D eigenvalue weighted by atomic mass is 16.6. The van der Waals surface area contributed by atoms with Gasteiger partial charge in [0.05, 0.1) is 32.2 Å². The first-order valence-corrected chi connectivity index (χ1v) is 7.64. The summed E-state index contributed by atoms with van der Waals surface area (Å²) in [5.74, 6) is 0.638. The van der Waals surface area contributed by atoms with Crippen molar-refractivity contribution >= 4 is 11.8 Å². The number of rotatable bonds is 2. The average molecular weight is 337 g/mol. The van der Waals surface area contributed by atoms with E-state index in [2.05, 4.69) is 20.1 Å². The summed E-state index contributed by atoms with van der Waals surface area (Å²) in [6.45, 7) is 3.50. The molecule has 1 aliphatic carbocycles. The van der Waals surface area contributed by atoms with Crippen molar-refractivity contribution in [3.8, 4) is 0 Å². The van der Waals surface area contributed by atoms with Crippen LogP contribution in [0.5, 0.6) is 0 Å². The summed E-state index contributed by atoms with van der Waals surface area (Å²) in [4.78, 5) is 24.6. The van der Waals surface area contributed by atoms with Crippen molar-refractivity contribution in [2.45, 2.75) is 44.3 Å². The van der Waals surface area contributed by atoms with Crippen LogP contribution in [0.15, 0.2) is 14.5 Å². The molecule has 1 aliphatic heterocycles. The fraction of sp³-hybridized carbons (Fsp3) is 0.714. The zero-order valence-corrected chi connectivity index (χ0v) is 13.9. The van der Waals surface area contributed by atoms with Crippen LogP contribution < -0.4 is 0 Å². The first kappa shape index (κ1) is 16.3. The van der Waals surface area contributed by atoms with E-state index in [1.165, 1.54) is 14.2 Å². The van der Waals surface area contributed by atoms with Crippen LogP contribution in [0.25, 0.3) is 0 Å². The summed E-state index contributed by atoms with van der Waals surface area (Å²) in [6.07, 6.45) is 0.277. The third kappa shape index (κ3) is 2.61. The minimum absolute atomic E-state index is 0.249. The predicted octanol–water partition coefficient (Wildman–Crippen LogP) is 0.987. The van der Waals surface area contributed by atoms with E-state index in [1.54, 1.807) is 6.92 Å². The zero-order chi connectivity index (χ0) is 17.4. The first-order valence-electron chi connectivity index (χ1n) is 7.64.